The predicted molar refractivity (Wildman–Crippen MR) is 110 cm³/mol. The highest BCUT2D eigenvalue weighted by atomic mass is 35.5. The van der Waals surface area contributed by atoms with Gasteiger partial charge >= 0.3 is 0 Å². The summed E-state index contributed by atoms with van der Waals surface area (Å²) >= 11 is 13.7. The Morgan fingerprint density at radius 2 is 1.81 bits per heavy atom. The summed E-state index contributed by atoms with van der Waals surface area (Å²) in [5.41, 5.74) is 1.03. The van der Waals surface area contributed by atoms with Crippen LogP contribution in [0.2, 0.25) is 10.0 Å². The molecule has 6 heteroatoms. The van der Waals surface area contributed by atoms with E-state index in [0.29, 0.717) is 16.6 Å². The van der Waals surface area contributed by atoms with Gasteiger partial charge < -0.3 is 9.67 Å². The molecule has 2 unspecified atom stereocenters. The van der Waals surface area contributed by atoms with Gasteiger partial charge in [0.05, 0.1) is 19.0 Å². The largest absolute Gasteiger partial charge is 0.390 e. The van der Waals surface area contributed by atoms with Crippen molar-refractivity contribution in [2.75, 3.05) is 0 Å². The Kier molecular flexibility index (Phi) is 6.65. The summed E-state index contributed by atoms with van der Waals surface area (Å²) < 4.78 is 1.87. The Morgan fingerprint density at radius 1 is 1.12 bits per heavy atom. The molecule has 0 saturated heterocycles. The van der Waals surface area contributed by atoms with Gasteiger partial charge in [0.25, 0.3) is 0 Å². The number of imidazole rings is 1. The maximum Gasteiger partial charge on any atom is 0.0946 e. The minimum Gasteiger partial charge on any atom is -0.390 e. The molecule has 2 aromatic rings. The molecule has 136 valence electrons. The highest BCUT2D eigenvalue weighted by Gasteiger charge is 2.16. The first-order valence-electron chi connectivity index (χ1n) is 8.32. The quantitative estimate of drug-likeness (QED) is 0.480. The normalized spacial score (nSPS) is 13.5. The van der Waals surface area contributed by atoms with E-state index in [-0.39, 0.29) is 5.25 Å². The summed E-state index contributed by atoms with van der Waals surface area (Å²) in [6.07, 6.45) is 4.83. The van der Waals surface area contributed by atoms with Crippen LogP contribution < -0.4 is 0 Å². The lowest BCUT2D eigenvalue weighted by Crippen LogP contribution is -2.25. The standard InChI is InChI=1S/C14H16Cl2N2OS.C6H4/c1-10(14(19)7-18-5-4-17-9-18)20-8-11-2-3-12(15)6-13(11)16;1-2-6-4-3-5(1)6/h2-6,9-10,14,19H,7-8H2,1H3;1-4H. The second-order valence-electron chi connectivity index (χ2n) is 6.16. The summed E-state index contributed by atoms with van der Waals surface area (Å²) in [6.45, 7) is 2.55. The number of benzene rings is 2. The molecule has 1 N–H and O–H groups in total. The van der Waals surface area contributed by atoms with Crippen LogP contribution in [0.5, 0.6) is 0 Å². The van der Waals surface area contributed by atoms with Crippen molar-refractivity contribution in [1.29, 1.82) is 0 Å². The number of thioether (sulfide) groups is 1. The monoisotopic (exact) mass is 406 g/mol. The van der Waals surface area contributed by atoms with Crippen LogP contribution in [-0.2, 0) is 12.3 Å². The summed E-state index contributed by atoms with van der Waals surface area (Å²) in [4.78, 5) is 3.96. The number of hydrogen-bond acceptors (Lipinski definition) is 3. The third-order valence-electron chi connectivity index (χ3n) is 4.23. The second kappa shape index (κ2) is 8.96. The van der Waals surface area contributed by atoms with Crippen LogP contribution in [0.1, 0.15) is 12.5 Å². The maximum atomic E-state index is 10.2. The van der Waals surface area contributed by atoms with Gasteiger partial charge in [-0.15, -0.1) is 0 Å². The molecule has 0 amide bonds. The maximum absolute atomic E-state index is 10.2. The lowest BCUT2D eigenvalue weighted by Gasteiger charge is -2.19. The molecule has 0 aliphatic heterocycles. The molecule has 1 aromatic carbocycles. The van der Waals surface area contributed by atoms with Crippen molar-refractivity contribution in [2.45, 2.75) is 30.6 Å². The number of aliphatic hydroxyl groups excluding tert-OH is 1. The van der Waals surface area contributed by atoms with Crippen LogP contribution >= 0.6 is 35.0 Å². The van der Waals surface area contributed by atoms with Crippen molar-refractivity contribution in [3.8, 4) is 0 Å². The van der Waals surface area contributed by atoms with Gasteiger partial charge in [-0.05, 0) is 28.1 Å². The van der Waals surface area contributed by atoms with Crippen LogP contribution in [0.15, 0.2) is 61.2 Å². The molecule has 0 spiro atoms. The van der Waals surface area contributed by atoms with Crippen molar-refractivity contribution < 1.29 is 5.11 Å². The number of halogens is 2. The van der Waals surface area contributed by atoms with E-state index in [4.69, 9.17) is 23.2 Å². The molecule has 0 fully saturated rings. The van der Waals surface area contributed by atoms with E-state index in [2.05, 4.69) is 29.2 Å². The van der Waals surface area contributed by atoms with Gasteiger partial charge in [-0.3, -0.25) is 0 Å². The first-order valence-corrected chi connectivity index (χ1v) is 10.1. The Labute approximate surface area is 167 Å². The molecule has 0 saturated carbocycles. The van der Waals surface area contributed by atoms with Crippen LogP contribution in [0.4, 0.5) is 0 Å². The molecule has 0 radical (unpaired) electrons. The molecule has 1 aromatic heterocycles. The topological polar surface area (TPSA) is 38.0 Å². The van der Waals surface area contributed by atoms with Crippen LogP contribution in [0.3, 0.4) is 0 Å². The summed E-state index contributed by atoms with van der Waals surface area (Å²) in [7, 11) is 0. The number of rotatable bonds is 6. The van der Waals surface area contributed by atoms with Crippen LogP contribution in [0.25, 0.3) is 0 Å². The third kappa shape index (κ3) is 5.04. The fourth-order valence-electron chi connectivity index (χ4n) is 2.39. The Balaban J connectivity index is 0.000000269. The number of aromatic nitrogens is 2. The molecule has 26 heavy (non-hydrogen) atoms. The van der Waals surface area contributed by atoms with Crippen molar-refractivity contribution in [2.24, 2.45) is 0 Å². The first-order chi connectivity index (χ1) is 12.5. The van der Waals surface area contributed by atoms with Gasteiger partial charge in [-0.25, -0.2) is 4.98 Å². The number of nitrogens with zero attached hydrogens (tertiary/aromatic N) is 2. The lowest BCUT2D eigenvalue weighted by molar-refractivity contribution is 0.155. The SMILES string of the molecule is CC(SCc1ccc(Cl)cc1Cl)C(O)Cn1ccnc1.c1cc2ccc1=2. The van der Waals surface area contributed by atoms with Gasteiger partial charge in [0.1, 0.15) is 0 Å². The minimum atomic E-state index is -0.430. The van der Waals surface area contributed by atoms with Crippen LogP contribution in [-0.4, -0.2) is 26.0 Å². The highest BCUT2D eigenvalue weighted by molar-refractivity contribution is 7.99. The Hall–Kier alpha value is -1.46. The molecule has 3 nitrogen and oxygen atoms in total. The second-order valence-corrected chi connectivity index (χ2v) is 8.37. The molecule has 2 aliphatic rings. The van der Waals surface area contributed by atoms with Gasteiger partial charge in [0, 0.05) is 33.4 Å². The zero-order valence-corrected chi connectivity index (χ0v) is 16.7. The molecule has 4 rings (SSSR count). The van der Waals surface area contributed by atoms with Crippen molar-refractivity contribution in [1.82, 2.24) is 9.55 Å². The Morgan fingerprint density at radius 3 is 2.31 bits per heavy atom. The summed E-state index contributed by atoms with van der Waals surface area (Å²) in [5, 5.41) is 14.4. The number of hydrogen-bond donors (Lipinski definition) is 1. The first kappa shape index (κ1) is 19.3. The average molecular weight is 407 g/mol. The fourth-order valence-corrected chi connectivity index (χ4v) is 3.95. The van der Waals surface area contributed by atoms with E-state index < -0.39 is 6.10 Å². The third-order valence-corrected chi connectivity index (χ3v) is 6.14. The summed E-state index contributed by atoms with van der Waals surface area (Å²) in [6, 6.07) is 14.0. The molecular formula is C20H20Cl2N2OS. The lowest BCUT2D eigenvalue weighted by atomic mass is 10.1. The van der Waals surface area contributed by atoms with Crippen molar-refractivity contribution >= 4 is 35.0 Å². The van der Waals surface area contributed by atoms with Crippen LogP contribution in [0, 0.1) is 10.4 Å². The zero-order chi connectivity index (χ0) is 18.5. The van der Waals surface area contributed by atoms with E-state index in [1.54, 1.807) is 30.4 Å². The van der Waals surface area contributed by atoms with E-state index in [0.717, 1.165) is 11.3 Å². The molecule has 2 aliphatic carbocycles. The molecule has 1 heterocycles. The Bertz CT molecular complexity index is 896. The smallest absolute Gasteiger partial charge is 0.0946 e. The summed E-state index contributed by atoms with van der Waals surface area (Å²) in [5.74, 6) is 0.748. The number of aliphatic hydroxyl groups is 1. The minimum absolute atomic E-state index is 0.101. The van der Waals surface area contributed by atoms with Crippen molar-refractivity contribution in [3.05, 3.63) is 87.2 Å². The van der Waals surface area contributed by atoms with Gasteiger partial charge in [-0.2, -0.15) is 11.8 Å². The molecule has 0 bridgehead atoms. The highest BCUT2D eigenvalue weighted by Crippen LogP contribution is 2.27. The molecular weight excluding hydrogens is 387 g/mol. The molecule has 2 atom stereocenters. The van der Waals surface area contributed by atoms with E-state index in [1.807, 2.05) is 29.8 Å². The van der Waals surface area contributed by atoms with Gasteiger partial charge in [-0.1, -0.05) is 60.5 Å². The average Bonchev–Trinajstić information content (AvgIpc) is 3.10. The van der Waals surface area contributed by atoms with Crippen molar-refractivity contribution in [3.63, 3.8) is 0 Å². The van der Waals surface area contributed by atoms with E-state index in [9.17, 15) is 5.11 Å². The van der Waals surface area contributed by atoms with E-state index in [1.165, 1.54) is 10.4 Å². The van der Waals surface area contributed by atoms with E-state index >= 15 is 0 Å². The predicted octanol–water partition coefficient (Wildman–Crippen LogP) is 5.16. The fraction of sp³-hybridized carbons (Fsp3) is 0.250. The zero-order valence-electron chi connectivity index (χ0n) is 14.3. The van der Waals surface area contributed by atoms with Gasteiger partial charge in [0.15, 0.2) is 0 Å². The van der Waals surface area contributed by atoms with Gasteiger partial charge in [0.2, 0.25) is 0 Å².